The number of nitrogens with two attached hydrogens (primary N) is 2. The highest BCUT2D eigenvalue weighted by Crippen LogP contribution is 2.36. The van der Waals surface area contributed by atoms with E-state index in [4.69, 9.17) is 11.5 Å². The monoisotopic (exact) mass is 287 g/mol. The number of hydrogen-bond donors (Lipinski definition) is 2. The smallest absolute Gasteiger partial charge is 0.250 e. The number of carbonyl (C=O) groups is 1. The summed E-state index contributed by atoms with van der Waals surface area (Å²) >= 11 is 1.73. The zero-order chi connectivity index (χ0) is 14.1. The molecule has 0 saturated heterocycles. The van der Waals surface area contributed by atoms with Crippen LogP contribution in [-0.2, 0) is 6.54 Å². The van der Waals surface area contributed by atoms with Crippen LogP contribution in [0.3, 0.4) is 0 Å². The summed E-state index contributed by atoms with van der Waals surface area (Å²) in [6.45, 7) is 0.812. The number of nitrogen functional groups attached to an aromatic ring is 1. The van der Waals surface area contributed by atoms with Gasteiger partial charge < -0.3 is 16.4 Å². The highest BCUT2D eigenvalue weighted by atomic mass is 32.1. The molecule has 4 nitrogen and oxygen atoms in total. The van der Waals surface area contributed by atoms with E-state index in [1.165, 1.54) is 4.88 Å². The molecule has 20 heavy (non-hydrogen) atoms. The molecule has 1 aliphatic carbocycles. The van der Waals surface area contributed by atoms with Gasteiger partial charge in [0.2, 0.25) is 0 Å². The minimum atomic E-state index is -0.427. The first kappa shape index (κ1) is 13.0. The second-order valence-corrected chi connectivity index (χ2v) is 6.11. The average molecular weight is 287 g/mol. The van der Waals surface area contributed by atoms with E-state index in [1.54, 1.807) is 17.4 Å². The minimum absolute atomic E-state index is 0.427. The lowest BCUT2D eigenvalue weighted by Gasteiger charge is -2.26. The van der Waals surface area contributed by atoms with Crippen LogP contribution in [0.1, 0.15) is 28.1 Å². The number of thiophene rings is 1. The average Bonchev–Trinajstić information content (AvgIpc) is 3.13. The molecule has 1 aromatic carbocycles. The largest absolute Gasteiger partial charge is 0.399 e. The zero-order valence-electron chi connectivity index (χ0n) is 11.1. The number of rotatable bonds is 5. The number of nitrogens with zero attached hydrogens (tertiary/aromatic N) is 1. The van der Waals surface area contributed by atoms with E-state index in [-0.39, 0.29) is 0 Å². The van der Waals surface area contributed by atoms with Gasteiger partial charge in [-0.05, 0) is 42.5 Å². The normalized spacial score (nSPS) is 14.2. The summed E-state index contributed by atoms with van der Waals surface area (Å²) < 4.78 is 0. The van der Waals surface area contributed by atoms with E-state index >= 15 is 0 Å². The van der Waals surface area contributed by atoms with Crippen molar-refractivity contribution >= 4 is 28.6 Å². The Hall–Kier alpha value is -2.01. The standard InChI is InChI=1S/C15H17N3OS/c16-10-3-6-14(13(8-10)15(17)19)18(11-4-5-11)9-12-2-1-7-20-12/h1-3,6-8,11H,4-5,9,16H2,(H2,17,19). The van der Waals surface area contributed by atoms with Gasteiger partial charge in [-0.15, -0.1) is 11.3 Å². The highest BCUT2D eigenvalue weighted by molar-refractivity contribution is 7.09. The van der Waals surface area contributed by atoms with Gasteiger partial charge in [0.1, 0.15) is 0 Å². The summed E-state index contributed by atoms with van der Waals surface area (Å²) in [6.07, 6.45) is 2.32. The lowest BCUT2D eigenvalue weighted by molar-refractivity contribution is 0.100. The molecule has 1 aromatic heterocycles. The molecule has 1 saturated carbocycles. The Bertz CT molecular complexity index is 620. The van der Waals surface area contributed by atoms with Gasteiger partial charge in [0.25, 0.3) is 5.91 Å². The summed E-state index contributed by atoms with van der Waals surface area (Å²) in [5, 5.41) is 2.07. The fraction of sp³-hybridized carbons (Fsp3) is 0.267. The maximum atomic E-state index is 11.7. The lowest BCUT2D eigenvalue weighted by Crippen LogP contribution is -2.27. The Morgan fingerprint density at radius 3 is 2.75 bits per heavy atom. The first-order valence-corrected chi connectivity index (χ1v) is 7.51. The van der Waals surface area contributed by atoms with E-state index in [9.17, 15) is 4.79 Å². The van der Waals surface area contributed by atoms with Gasteiger partial charge >= 0.3 is 0 Å². The Morgan fingerprint density at radius 1 is 1.35 bits per heavy atom. The van der Waals surface area contributed by atoms with Crippen LogP contribution in [0.25, 0.3) is 0 Å². The number of carbonyl (C=O) groups excluding carboxylic acids is 1. The molecule has 0 spiro atoms. The van der Waals surface area contributed by atoms with Gasteiger partial charge in [-0.3, -0.25) is 4.79 Å². The molecule has 1 aliphatic rings. The van der Waals surface area contributed by atoms with Crippen molar-refractivity contribution in [3.63, 3.8) is 0 Å². The number of anilines is 2. The van der Waals surface area contributed by atoms with Crippen molar-refractivity contribution in [2.75, 3.05) is 10.6 Å². The van der Waals surface area contributed by atoms with E-state index < -0.39 is 5.91 Å². The predicted molar refractivity (Wildman–Crippen MR) is 82.9 cm³/mol. The minimum Gasteiger partial charge on any atom is -0.399 e. The summed E-state index contributed by atoms with van der Waals surface area (Å²) in [6, 6.07) is 10.1. The molecule has 0 atom stereocenters. The second-order valence-electron chi connectivity index (χ2n) is 5.08. The fourth-order valence-corrected chi connectivity index (χ4v) is 3.07. The van der Waals surface area contributed by atoms with Crippen LogP contribution in [0.5, 0.6) is 0 Å². The van der Waals surface area contributed by atoms with E-state index in [0.717, 1.165) is 25.1 Å². The Morgan fingerprint density at radius 2 is 2.15 bits per heavy atom. The molecule has 1 heterocycles. The van der Waals surface area contributed by atoms with Gasteiger partial charge in [-0.2, -0.15) is 0 Å². The molecule has 0 unspecified atom stereocenters. The molecule has 0 radical (unpaired) electrons. The Labute approximate surface area is 122 Å². The molecule has 5 heteroatoms. The second kappa shape index (κ2) is 5.17. The molecule has 104 valence electrons. The molecule has 1 fully saturated rings. The molecule has 0 bridgehead atoms. The van der Waals surface area contributed by atoms with Crippen LogP contribution < -0.4 is 16.4 Å². The summed E-state index contributed by atoms with van der Waals surface area (Å²) in [4.78, 5) is 15.2. The van der Waals surface area contributed by atoms with Crippen LogP contribution in [0.2, 0.25) is 0 Å². The first-order valence-electron chi connectivity index (χ1n) is 6.63. The third-order valence-electron chi connectivity index (χ3n) is 3.49. The van der Waals surface area contributed by atoms with Gasteiger partial charge in [-0.25, -0.2) is 0 Å². The van der Waals surface area contributed by atoms with Crippen molar-refractivity contribution in [1.29, 1.82) is 0 Å². The van der Waals surface area contributed by atoms with Gasteiger partial charge in [0, 0.05) is 16.6 Å². The SMILES string of the molecule is NC(=O)c1cc(N)ccc1N(Cc1cccs1)C1CC1. The van der Waals surface area contributed by atoms with Crippen molar-refractivity contribution in [1.82, 2.24) is 0 Å². The van der Waals surface area contributed by atoms with E-state index in [0.29, 0.717) is 17.3 Å². The van der Waals surface area contributed by atoms with Crippen LogP contribution in [-0.4, -0.2) is 11.9 Å². The molecule has 3 rings (SSSR count). The molecule has 0 aliphatic heterocycles. The van der Waals surface area contributed by atoms with Crippen LogP contribution >= 0.6 is 11.3 Å². The van der Waals surface area contributed by atoms with Crippen molar-refractivity contribution in [3.8, 4) is 0 Å². The van der Waals surface area contributed by atoms with Crippen LogP contribution in [0.15, 0.2) is 35.7 Å². The van der Waals surface area contributed by atoms with Crippen LogP contribution in [0.4, 0.5) is 11.4 Å². The number of hydrogen-bond acceptors (Lipinski definition) is 4. The third-order valence-corrected chi connectivity index (χ3v) is 4.35. The molecular formula is C15H17N3OS. The molecule has 2 aromatic rings. The van der Waals surface area contributed by atoms with Crippen molar-refractivity contribution in [3.05, 3.63) is 46.2 Å². The van der Waals surface area contributed by atoms with Gasteiger partial charge in [0.05, 0.1) is 17.8 Å². The van der Waals surface area contributed by atoms with E-state index in [2.05, 4.69) is 16.3 Å². The Kier molecular flexibility index (Phi) is 3.36. The van der Waals surface area contributed by atoms with Crippen LogP contribution in [0, 0.1) is 0 Å². The molecule has 1 amide bonds. The number of benzene rings is 1. The predicted octanol–water partition coefficient (Wildman–Crippen LogP) is 2.60. The maximum absolute atomic E-state index is 11.7. The van der Waals surface area contributed by atoms with E-state index in [1.807, 2.05) is 18.2 Å². The van der Waals surface area contributed by atoms with Crippen molar-refractivity contribution in [2.24, 2.45) is 5.73 Å². The topological polar surface area (TPSA) is 72.3 Å². The van der Waals surface area contributed by atoms with Crippen molar-refractivity contribution < 1.29 is 4.79 Å². The third kappa shape index (κ3) is 2.63. The number of primary amides is 1. The quantitative estimate of drug-likeness (QED) is 0.830. The fourth-order valence-electron chi connectivity index (χ4n) is 2.37. The molecule has 4 N–H and O–H groups in total. The molecular weight excluding hydrogens is 270 g/mol. The van der Waals surface area contributed by atoms with Gasteiger partial charge in [-0.1, -0.05) is 6.07 Å². The first-order chi connectivity index (χ1) is 9.65. The summed E-state index contributed by atoms with van der Waals surface area (Å²) in [7, 11) is 0. The highest BCUT2D eigenvalue weighted by Gasteiger charge is 2.31. The van der Waals surface area contributed by atoms with Crippen molar-refractivity contribution in [2.45, 2.75) is 25.4 Å². The summed E-state index contributed by atoms with van der Waals surface area (Å²) in [5.74, 6) is -0.427. The number of amides is 1. The van der Waals surface area contributed by atoms with Gasteiger partial charge in [0.15, 0.2) is 0 Å². The zero-order valence-corrected chi connectivity index (χ0v) is 11.9. The Balaban J connectivity index is 1.97. The maximum Gasteiger partial charge on any atom is 0.250 e. The summed E-state index contributed by atoms with van der Waals surface area (Å²) in [5.41, 5.74) is 13.2. The lowest BCUT2D eigenvalue weighted by atomic mass is 10.1.